The van der Waals surface area contributed by atoms with Crippen LogP contribution in [-0.2, 0) is 28.7 Å². The second-order valence-corrected chi connectivity index (χ2v) is 12.2. The van der Waals surface area contributed by atoms with Crippen molar-refractivity contribution in [3.8, 4) is 17.2 Å². The average molecular weight is 608 g/mol. The molecule has 5 atom stereocenters. The number of rotatable bonds is 7. The number of alkyl halides is 3. The van der Waals surface area contributed by atoms with Gasteiger partial charge in [0, 0.05) is 67.2 Å². The largest absolute Gasteiger partial charge is 0.489 e. The van der Waals surface area contributed by atoms with Gasteiger partial charge in [0.2, 0.25) is 5.91 Å². The third-order valence-electron chi connectivity index (χ3n) is 8.85. The third kappa shape index (κ3) is 5.54. The summed E-state index contributed by atoms with van der Waals surface area (Å²) in [7, 11) is 0. The van der Waals surface area contributed by atoms with Crippen molar-refractivity contribution < 1.29 is 37.0 Å². The fraction of sp³-hybridized carbons (Fsp3) is 0.424. The highest BCUT2D eigenvalue weighted by Crippen LogP contribution is 2.60. The Labute approximate surface area is 252 Å². The average Bonchev–Trinajstić information content (AvgIpc) is 3.48. The summed E-state index contributed by atoms with van der Waals surface area (Å²) in [5, 5.41) is 2.76. The molecule has 1 amide bonds. The number of nitrogens with one attached hydrogen (secondary N) is 1. The van der Waals surface area contributed by atoms with Crippen molar-refractivity contribution in [1.82, 2.24) is 9.88 Å². The van der Waals surface area contributed by atoms with Crippen LogP contribution in [0.1, 0.15) is 65.2 Å². The first kappa shape index (κ1) is 28.8. The number of halogens is 3. The van der Waals surface area contributed by atoms with Crippen molar-refractivity contribution >= 4 is 17.5 Å². The van der Waals surface area contributed by atoms with E-state index in [4.69, 9.17) is 14.2 Å². The van der Waals surface area contributed by atoms with Crippen LogP contribution in [0.3, 0.4) is 0 Å². The fourth-order valence-electron chi connectivity index (χ4n) is 6.88. The molecular weight excluding hydrogens is 575 g/mol. The molecule has 230 valence electrons. The predicted octanol–water partition coefficient (Wildman–Crippen LogP) is 6.13. The Morgan fingerprint density at radius 3 is 2.66 bits per heavy atom. The minimum Gasteiger partial charge on any atom is -0.489 e. The number of morpholine rings is 1. The van der Waals surface area contributed by atoms with E-state index in [-0.39, 0.29) is 65.9 Å². The number of carbonyl (C=O) groups excluding carboxylic acids is 2. The number of carbonyl (C=O) groups is 2. The summed E-state index contributed by atoms with van der Waals surface area (Å²) in [6, 6.07) is 11.2. The Bertz CT molecular complexity index is 1630. The van der Waals surface area contributed by atoms with E-state index in [1.807, 2.05) is 30.9 Å². The quantitative estimate of drug-likeness (QED) is 0.323. The Balaban J connectivity index is 1.04. The van der Waals surface area contributed by atoms with Crippen molar-refractivity contribution in [1.29, 1.82) is 0 Å². The molecule has 1 aliphatic carbocycles. The summed E-state index contributed by atoms with van der Waals surface area (Å²) in [6.45, 7) is 5.05. The minimum absolute atomic E-state index is 0.0326. The smallest absolute Gasteiger partial charge is 0.416 e. The zero-order valence-electron chi connectivity index (χ0n) is 24.3. The van der Waals surface area contributed by atoms with Gasteiger partial charge in [0.25, 0.3) is 0 Å². The highest BCUT2D eigenvalue weighted by molar-refractivity contribution is 5.97. The predicted molar refractivity (Wildman–Crippen MR) is 154 cm³/mol. The van der Waals surface area contributed by atoms with Gasteiger partial charge in [-0.15, -0.1) is 0 Å². The van der Waals surface area contributed by atoms with Crippen LogP contribution >= 0.6 is 0 Å². The van der Waals surface area contributed by atoms with Crippen LogP contribution in [0.15, 0.2) is 48.7 Å². The molecule has 4 heterocycles. The molecular formula is C33H32F3N3O5. The molecule has 0 unspecified atom stereocenters. The molecule has 2 fully saturated rings. The Morgan fingerprint density at radius 2 is 1.89 bits per heavy atom. The fourth-order valence-corrected chi connectivity index (χ4v) is 6.88. The number of nitrogens with zero attached hydrogens (tertiary/aromatic N) is 2. The van der Waals surface area contributed by atoms with Gasteiger partial charge >= 0.3 is 6.18 Å². The van der Waals surface area contributed by atoms with E-state index in [2.05, 4.69) is 10.3 Å². The highest BCUT2D eigenvalue weighted by atomic mass is 19.4. The van der Waals surface area contributed by atoms with Crippen LogP contribution in [0, 0.1) is 5.92 Å². The summed E-state index contributed by atoms with van der Waals surface area (Å²) >= 11 is 0. The molecule has 3 aromatic rings. The second-order valence-electron chi connectivity index (χ2n) is 12.2. The van der Waals surface area contributed by atoms with Gasteiger partial charge in [-0.2, -0.15) is 13.2 Å². The van der Waals surface area contributed by atoms with E-state index < -0.39 is 11.7 Å². The van der Waals surface area contributed by atoms with Crippen LogP contribution in [-0.4, -0.2) is 53.0 Å². The highest BCUT2D eigenvalue weighted by Gasteiger charge is 2.59. The van der Waals surface area contributed by atoms with Gasteiger partial charge < -0.3 is 19.5 Å². The van der Waals surface area contributed by atoms with E-state index in [1.54, 1.807) is 18.3 Å². The number of anilines is 1. The Hall–Kier alpha value is -3.96. The lowest BCUT2D eigenvalue weighted by Gasteiger charge is -2.35. The third-order valence-corrected chi connectivity index (χ3v) is 8.85. The van der Waals surface area contributed by atoms with Gasteiger partial charge in [0.05, 0.1) is 17.8 Å². The van der Waals surface area contributed by atoms with E-state index in [9.17, 15) is 22.8 Å². The number of hydrogen-bond donors (Lipinski definition) is 1. The number of aromatic nitrogens is 1. The van der Waals surface area contributed by atoms with Crippen molar-refractivity contribution in [3.05, 3.63) is 76.5 Å². The van der Waals surface area contributed by atoms with Crippen molar-refractivity contribution in [2.24, 2.45) is 5.92 Å². The SMILES string of the molecule is C[C@@H]1CN(Cc2ccc(C(=O)C[C@@H]3[C@H]4Oc5ccc(Oc6ccnc7c6CCC(=O)N7)cc5[C@@H]34)cc2C(F)(F)F)C[C@H](C)O1. The van der Waals surface area contributed by atoms with Crippen molar-refractivity contribution in [2.75, 3.05) is 18.4 Å². The number of amides is 1. The minimum atomic E-state index is -4.58. The number of Topliss-reactive ketones (excluding diaryl/α,β-unsaturated/α-hetero) is 1. The molecule has 44 heavy (non-hydrogen) atoms. The van der Waals surface area contributed by atoms with Crippen LogP contribution < -0.4 is 14.8 Å². The lowest BCUT2D eigenvalue weighted by atomic mass is 9.97. The van der Waals surface area contributed by atoms with Crippen molar-refractivity contribution in [2.45, 2.75) is 70.1 Å². The topological polar surface area (TPSA) is 90.0 Å². The maximum absolute atomic E-state index is 14.1. The first-order valence-corrected chi connectivity index (χ1v) is 14.9. The number of fused-ring (bicyclic) bond motifs is 4. The molecule has 8 nitrogen and oxygen atoms in total. The summed E-state index contributed by atoms with van der Waals surface area (Å²) < 4.78 is 60.3. The number of ketones is 1. The lowest BCUT2D eigenvalue weighted by molar-refractivity contribution is -0.138. The summed E-state index contributed by atoms with van der Waals surface area (Å²) in [6.07, 6.45) is -2.36. The molecule has 1 saturated carbocycles. The van der Waals surface area contributed by atoms with Gasteiger partial charge in [-0.05, 0) is 56.2 Å². The molecule has 1 aromatic heterocycles. The van der Waals surface area contributed by atoms with Crippen LogP contribution in [0.25, 0.3) is 0 Å². The number of benzene rings is 2. The molecule has 1 N–H and O–H groups in total. The van der Waals surface area contributed by atoms with E-state index in [1.165, 1.54) is 12.1 Å². The van der Waals surface area contributed by atoms with E-state index >= 15 is 0 Å². The first-order chi connectivity index (χ1) is 21.0. The van der Waals surface area contributed by atoms with Crippen molar-refractivity contribution in [3.63, 3.8) is 0 Å². The number of hydrogen-bond acceptors (Lipinski definition) is 7. The Morgan fingerprint density at radius 1 is 1.09 bits per heavy atom. The molecule has 1 saturated heterocycles. The molecule has 11 heteroatoms. The Kier molecular flexibility index (Phi) is 7.12. The summed E-state index contributed by atoms with van der Waals surface area (Å²) in [4.78, 5) is 31.2. The normalized spacial score (nSPS) is 25.8. The van der Waals surface area contributed by atoms with Gasteiger partial charge in [0.1, 0.15) is 29.2 Å². The van der Waals surface area contributed by atoms with Crippen LogP contribution in [0.2, 0.25) is 0 Å². The second kappa shape index (κ2) is 10.9. The van der Waals surface area contributed by atoms with Crippen LogP contribution in [0.5, 0.6) is 17.2 Å². The molecule has 0 radical (unpaired) electrons. The van der Waals surface area contributed by atoms with Gasteiger partial charge in [-0.3, -0.25) is 14.5 Å². The maximum atomic E-state index is 14.1. The lowest BCUT2D eigenvalue weighted by Crippen LogP contribution is -2.45. The van der Waals surface area contributed by atoms with E-state index in [0.29, 0.717) is 43.2 Å². The molecule has 4 aliphatic rings. The van der Waals surface area contributed by atoms with Gasteiger partial charge in [-0.25, -0.2) is 4.98 Å². The first-order valence-electron chi connectivity index (χ1n) is 14.9. The number of pyridine rings is 1. The monoisotopic (exact) mass is 607 g/mol. The van der Waals surface area contributed by atoms with Crippen LogP contribution in [0.4, 0.5) is 19.0 Å². The zero-order valence-corrected chi connectivity index (χ0v) is 24.3. The molecule has 2 aromatic carbocycles. The van der Waals surface area contributed by atoms with E-state index in [0.717, 1.165) is 22.9 Å². The van der Waals surface area contributed by atoms with Gasteiger partial charge in [-0.1, -0.05) is 12.1 Å². The molecule has 7 rings (SSSR count). The molecule has 3 aliphatic heterocycles. The standard InChI is InChI=1S/C33H32F3N3O5/c1-17-14-39(15-18(2)42-17)16-20-4-3-19(11-25(20)33(34,35)36)26(40)13-24-30-23-12-21(5-7-27(23)44-31(24)30)43-28-9-10-37-32-22(28)6-8-29(41)38-32/h3-5,7,9-12,17-18,24,30-31H,6,8,13-16H2,1-2H3,(H,37,38,41)/t17-,18+,24-,30-,31+/m0/s1. The number of ether oxygens (including phenoxy) is 3. The molecule has 0 spiro atoms. The summed E-state index contributed by atoms with van der Waals surface area (Å²) in [5.41, 5.74) is 1.19. The zero-order chi connectivity index (χ0) is 30.7. The maximum Gasteiger partial charge on any atom is 0.416 e. The van der Waals surface area contributed by atoms with Gasteiger partial charge in [0.15, 0.2) is 5.78 Å². The molecule has 0 bridgehead atoms. The summed E-state index contributed by atoms with van der Waals surface area (Å²) in [5.74, 6) is 1.83.